The second kappa shape index (κ2) is 7.07. The van der Waals surface area contributed by atoms with E-state index in [1.807, 2.05) is 24.3 Å². The lowest BCUT2D eigenvalue weighted by Gasteiger charge is -2.07. The van der Waals surface area contributed by atoms with Crippen LogP contribution in [-0.4, -0.2) is 15.7 Å². The Kier molecular flexibility index (Phi) is 4.86. The van der Waals surface area contributed by atoms with Crippen LogP contribution < -0.4 is 5.32 Å². The van der Waals surface area contributed by atoms with Gasteiger partial charge in [-0.1, -0.05) is 30.7 Å². The van der Waals surface area contributed by atoms with E-state index >= 15 is 0 Å². The van der Waals surface area contributed by atoms with Crippen LogP contribution in [0.15, 0.2) is 48.5 Å². The number of aromatic nitrogens is 2. The first-order valence-electron chi connectivity index (χ1n) is 7.91. The van der Waals surface area contributed by atoms with E-state index in [1.54, 1.807) is 19.1 Å². The Bertz CT molecular complexity index is 919. The van der Waals surface area contributed by atoms with Crippen LogP contribution in [0.1, 0.15) is 28.5 Å². The molecule has 128 valence electrons. The van der Waals surface area contributed by atoms with Crippen LogP contribution in [0.25, 0.3) is 5.69 Å². The number of carbonyl (C=O) groups excluding carboxylic acids is 1. The first kappa shape index (κ1) is 17.2. The van der Waals surface area contributed by atoms with E-state index in [4.69, 9.17) is 11.6 Å². The fraction of sp³-hybridized carbons (Fsp3) is 0.158. The number of nitrogens with zero attached hydrogens (tertiary/aromatic N) is 2. The summed E-state index contributed by atoms with van der Waals surface area (Å²) in [6, 6.07) is 13.4. The lowest BCUT2D eigenvalue weighted by Crippen LogP contribution is -2.13. The van der Waals surface area contributed by atoms with Gasteiger partial charge in [-0.05, 0) is 55.3 Å². The molecule has 0 fully saturated rings. The van der Waals surface area contributed by atoms with Crippen molar-refractivity contribution in [2.75, 3.05) is 5.32 Å². The number of hydrogen-bond donors (Lipinski definition) is 1. The number of benzene rings is 2. The maximum Gasteiger partial charge on any atom is 0.260 e. The van der Waals surface area contributed by atoms with Gasteiger partial charge in [0.05, 0.1) is 11.4 Å². The summed E-state index contributed by atoms with van der Waals surface area (Å²) < 4.78 is 14.5. The third-order valence-corrected chi connectivity index (χ3v) is 4.24. The molecular formula is C19H17ClFN3O. The van der Waals surface area contributed by atoms with Crippen molar-refractivity contribution in [3.8, 4) is 5.69 Å². The fourth-order valence-corrected chi connectivity index (χ4v) is 2.93. The van der Waals surface area contributed by atoms with Gasteiger partial charge in [-0.3, -0.25) is 4.79 Å². The third kappa shape index (κ3) is 3.56. The lowest BCUT2D eigenvalue weighted by molar-refractivity contribution is 0.102. The van der Waals surface area contributed by atoms with Crippen LogP contribution in [0.4, 0.5) is 10.1 Å². The molecule has 1 heterocycles. The van der Waals surface area contributed by atoms with Gasteiger partial charge in [0, 0.05) is 5.69 Å². The van der Waals surface area contributed by atoms with E-state index in [9.17, 15) is 9.18 Å². The predicted octanol–water partition coefficient (Wildman–Crippen LogP) is 4.79. The summed E-state index contributed by atoms with van der Waals surface area (Å²) in [6.45, 7) is 3.76. The van der Waals surface area contributed by atoms with Crippen molar-refractivity contribution < 1.29 is 9.18 Å². The number of carbonyl (C=O) groups is 1. The Labute approximate surface area is 150 Å². The molecule has 0 saturated carbocycles. The van der Waals surface area contributed by atoms with Gasteiger partial charge in [0.1, 0.15) is 16.5 Å². The molecule has 0 spiro atoms. The van der Waals surface area contributed by atoms with Crippen LogP contribution in [-0.2, 0) is 6.42 Å². The summed E-state index contributed by atoms with van der Waals surface area (Å²) in [5.41, 5.74) is 3.21. The molecule has 6 heteroatoms. The van der Waals surface area contributed by atoms with Crippen LogP contribution >= 0.6 is 11.6 Å². The molecule has 3 aromatic rings. The monoisotopic (exact) mass is 357 g/mol. The molecule has 1 N–H and O–H groups in total. The van der Waals surface area contributed by atoms with Gasteiger partial charge in [0.2, 0.25) is 0 Å². The van der Waals surface area contributed by atoms with Gasteiger partial charge in [-0.25, -0.2) is 9.07 Å². The molecule has 25 heavy (non-hydrogen) atoms. The summed E-state index contributed by atoms with van der Waals surface area (Å²) in [6.07, 6.45) is 0.881. The molecule has 0 aliphatic heterocycles. The lowest BCUT2D eigenvalue weighted by atomic mass is 10.1. The molecule has 0 atom stereocenters. The highest BCUT2D eigenvalue weighted by Crippen LogP contribution is 2.25. The van der Waals surface area contributed by atoms with Crippen LogP contribution in [0.3, 0.4) is 0 Å². The first-order chi connectivity index (χ1) is 12.0. The van der Waals surface area contributed by atoms with E-state index in [0.29, 0.717) is 22.6 Å². The van der Waals surface area contributed by atoms with E-state index in [1.165, 1.54) is 16.8 Å². The molecule has 0 bridgehead atoms. The zero-order valence-corrected chi connectivity index (χ0v) is 14.6. The minimum absolute atomic E-state index is 0.188. The number of anilines is 1. The van der Waals surface area contributed by atoms with Gasteiger partial charge in [-0.2, -0.15) is 5.10 Å². The second-order valence-electron chi connectivity index (χ2n) is 5.65. The molecular weight excluding hydrogens is 341 g/mol. The normalized spacial score (nSPS) is 10.7. The molecule has 1 amide bonds. The molecule has 3 rings (SSSR count). The minimum atomic E-state index is -0.350. The van der Waals surface area contributed by atoms with Crippen molar-refractivity contribution in [3.63, 3.8) is 0 Å². The van der Waals surface area contributed by atoms with Gasteiger partial charge in [-0.15, -0.1) is 0 Å². The van der Waals surface area contributed by atoms with Crippen LogP contribution in [0, 0.1) is 12.7 Å². The molecule has 2 aromatic carbocycles. The van der Waals surface area contributed by atoms with Crippen molar-refractivity contribution in [1.82, 2.24) is 9.78 Å². The number of aryl methyl sites for hydroxylation is 2. The van der Waals surface area contributed by atoms with Crippen molar-refractivity contribution in [2.24, 2.45) is 0 Å². The summed E-state index contributed by atoms with van der Waals surface area (Å²) >= 11 is 6.37. The minimum Gasteiger partial charge on any atom is -0.322 e. The average Bonchev–Trinajstić information content (AvgIpc) is 2.90. The van der Waals surface area contributed by atoms with Crippen LogP contribution in [0.5, 0.6) is 0 Å². The molecule has 0 radical (unpaired) electrons. The maximum absolute atomic E-state index is 13.1. The summed E-state index contributed by atoms with van der Waals surface area (Å²) in [7, 11) is 0. The highest BCUT2D eigenvalue weighted by molar-refractivity contribution is 6.34. The molecule has 0 aliphatic carbocycles. The van der Waals surface area contributed by atoms with Gasteiger partial charge >= 0.3 is 0 Å². The predicted molar refractivity (Wildman–Crippen MR) is 97.0 cm³/mol. The molecule has 4 nitrogen and oxygen atoms in total. The largest absolute Gasteiger partial charge is 0.322 e. The van der Waals surface area contributed by atoms with Gasteiger partial charge < -0.3 is 5.32 Å². The number of amides is 1. The van der Waals surface area contributed by atoms with Crippen molar-refractivity contribution in [2.45, 2.75) is 20.3 Å². The van der Waals surface area contributed by atoms with Crippen molar-refractivity contribution >= 4 is 23.2 Å². The van der Waals surface area contributed by atoms with E-state index in [2.05, 4.69) is 17.3 Å². The Morgan fingerprint density at radius 1 is 1.24 bits per heavy atom. The van der Waals surface area contributed by atoms with Gasteiger partial charge in [0.25, 0.3) is 5.91 Å². The van der Waals surface area contributed by atoms with E-state index in [0.717, 1.165) is 12.0 Å². The van der Waals surface area contributed by atoms with Crippen molar-refractivity contribution in [3.05, 3.63) is 76.3 Å². The van der Waals surface area contributed by atoms with Gasteiger partial charge in [0.15, 0.2) is 0 Å². The summed E-state index contributed by atoms with van der Waals surface area (Å²) in [5.74, 6) is -0.679. The smallest absolute Gasteiger partial charge is 0.260 e. The Morgan fingerprint density at radius 3 is 2.64 bits per heavy atom. The maximum atomic E-state index is 13.1. The Morgan fingerprint density at radius 2 is 1.96 bits per heavy atom. The molecule has 0 aliphatic rings. The number of hydrogen-bond acceptors (Lipinski definition) is 2. The standard InChI is InChI=1S/C19H17ClFN3O/c1-3-13-5-4-6-15(11-13)22-19(25)17-12(2)23-24(18(17)20)16-9-7-14(21)8-10-16/h4-11H,3H2,1-2H3,(H,22,25). The molecule has 1 aromatic heterocycles. The SMILES string of the molecule is CCc1cccc(NC(=O)c2c(C)nn(-c3ccc(F)cc3)c2Cl)c1. The highest BCUT2D eigenvalue weighted by atomic mass is 35.5. The third-order valence-electron chi connectivity index (χ3n) is 3.90. The highest BCUT2D eigenvalue weighted by Gasteiger charge is 2.21. The summed E-state index contributed by atoms with van der Waals surface area (Å²) in [5, 5.41) is 7.35. The quantitative estimate of drug-likeness (QED) is 0.729. The van der Waals surface area contributed by atoms with Crippen molar-refractivity contribution in [1.29, 1.82) is 0 Å². The number of nitrogens with one attached hydrogen (secondary N) is 1. The molecule has 0 unspecified atom stereocenters. The Balaban J connectivity index is 1.91. The number of rotatable bonds is 4. The zero-order valence-electron chi connectivity index (χ0n) is 13.9. The second-order valence-corrected chi connectivity index (χ2v) is 6.01. The summed E-state index contributed by atoms with van der Waals surface area (Å²) in [4.78, 5) is 12.6. The molecule has 0 saturated heterocycles. The average molecular weight is 358 g/mol. The zero-order chi connectivity index (χ0) is 18.0. The van der Waals surface area contributed by atoms with Crippen LogP contribution in [0.2, 0.25) is 5.15 Å². The first-order valence-corrected chi connectivity index (χ1v) is 8.28. The fourth-order valence-electron chi connectivity index (χ4n) is 2.57. The number of halogens is 2. The van der Waals surface area contributed by atoms with E-state index < -0.39 is 0 Å². The Hall–Kier alpha value is -2.66. The topological polar surface area (TPSA) is 46.9 Å². The van der Waals surface area contributed by atoms with E-state index in [-0.39, 0.29) is 16.9 Å².